The lowest BCUT2D eigenvalue weighted by Crippen LogP contribution is -2.26. The van der Waals surface area contributed by atoms with Gasteiger partial charge in [-0.3, -0.25) is 4.79 Å². The molecule has 1 unspecified atom stereocenters. The molecule has 0 saturated carbocycles. The number of nitrogens with one attached hydrogen (secondary N) is 1. The number of benzene rings is 2. The third-order valence-electron chi connectivity index (χ3n) is 3.07. The van der Waals surface area contributed by atoms with Crippen molar-refractivity contribution in [3.8, 4) is 6.07 Å². The smallest absolute Gasteiger partial charge is 0.251 e. The van der Waals surface area contributed by atoms with E-state index in [0.717, 1.165) is 17.7 Å². The molecule has 2 rings (SSSR count). The largest absolute Gasteiger partial charge is 0.346 e. The van der Waals surface area contributed by atoms with Crippen LogP contribution >= 0.6 is 0 Å². The summed E-state index contributed by atoms with van der Waals surface area (Å²) in [5.41, 5.74) is 1.39. The second-order valence-electron chi connectivity index (χ2n) is 4.56. The number of rotatable bonds is 3. The standard InChI is InChI=1S/C16H12F2N2O/c1-10(12-4-2-11(9-19)3-5-12)20-16(21)13-6-7-14(17)15(18)8-13/h2-8,10H,1H3,(H,20,21). The van der Waals surface area contributed by atoms with Crippen LogP contribution in [-0.4, -0.2) is 5.91 Å². The average Bonchev–Trinajstić information content (AvgIpc) is 2.50. The minimum Gasteiger partial charge on any atom is -0.346 e. The van der Waals surface area contributed by atoms with Gasteiger partial charge in [0.2, 0.25) is 0 Å². The van der Waals surface area contributed by atoms with Crippen LogP contribution in [0.1, 0.15) is 34.5 Å². The summed E-state index contributed by atoms with van der Waals surface area (Å²) < 4.78 is 25.9. The van der Waals surface area contributed by atoms with Crippen LogP contribution in [0.2, 0.25) is 0 Å². The fraction of sp³-hybridized carbons (Fsp3) is 0.125. The first-order chi connectivity index (χ1) is 10.0. The predicted molar refractivity (Wildman–Crippen MR) is 73.4 cm³/mol. The third-order valence-corrected chi connectivity index (χ3v) is 3.07. The van der Waals surface area contributed by atoms with Gasteiger partial charge in [0.05, 0.1) is 17.7 Å². The van der Waals surface area contributed by atoms with Gasteiger partial charge < -0.3 is 5.32 Å². The predicted octanol–water partition coefficient (Wildman–Crippen LogP) is 3.33. The van der Waals surface area contributed by atoms with E-state index in [-0.39, 0.29) is 11.6 Å². The number of halogens is 2. The van der Waals surface area contributed by atoms with Crippen molar-refractivity contribution < 1.29 is 13.6 Å². The highest BCUT2D eigenvalue weighted by molar-refractivity contribution is 5.94. The highest BCUT2D eigenvalue weighted by Crippen LogP contribution is 2.15. The zero-order chi connectivity index (χ0) is 15.4. The molecule has 3 nitrogen and oxygen atoms in total. The van der Waals surface area contributed by atoms with Gasteiger partial charge in [-0.2, -0.15) is 5.26 Å². The maximum Gasteiger partial charge on any atom is 0.251 e. The van der Waals surface area contributed by atoms with E-state index in [4.69, 9.17) is 5.26 Å². The summed E-state index contributed by atoms with van der Waals surface area (Å²) in [6.07, 6.45) is 0. The molecule has 106 valence electrons. The van der Waals surface area contributed by atoms with Crippen molar-refractivity contribution in [1.29, 1.82) is 5.26 Å². The monoisotopic (exact) mass is 286 g/mol. The van der Waals surface area contributed by atoms with Gasteiger partial charge in [0.1, 0.15) is 0 Å². The molecular weight excluding hydrogens is 274 g/mol. The highest BCUT2D eigenvalue weighted by Gasteiger charge is 2.13. The minimum atomic E-state index is -1.06. The van der Waals surface area contributed by atoms with Gasteiger partial charge in [0.25, 0.3) is 5.91 Å². The SMILES string of the molecule is CC(NC(=O)c1ccc(F)c(F)c1)c1ccc(C#N)cc1. The van der Waals surface area contributed by atoms with Crippen molar-refractivity contribution in [2.75, 3.05) is 0 Å². The normalized spacial score (nSPS) is 11.5. The Hall–Kier alpha value is -2.74. The van der Waals surface area contributed by atoms with Crippen molar-refractivity contribution in [3.05, 3.63) is 70.8 Å². The number of carbonyl (C=O) groups is 1. The molecule has 0 bridgehead atoms. The summed E-state index contributed by atoms with van der Waals surface area (Å²) in [6, 6.07) is 11.4. The Morgan fingerprint density at radius 1 is 1.14 bits per heavy atom. The Balaban J connectivity index is 2.10. The lowest BCUT2D eigenvalue weighted by molar-refractivity contribution is 0.0939. The van der Waals surface area contributed by atoms with Crippen LogP contribution in [0.5, 0.6) is 0 Å². The van der Waals surface area contributed by atoms with Gasteiger partial charge in [-0.05, 0) is 42.8 Å². The zero-order valence-electron chi connectivity index (χ0n) is 11.2. The lowest BCUT2D eigenvalue weighted by Gasteiger charge is -2.14. The Morgan fingerprint density at radius 2 is 1.81 bits per heavy atom. The quantitative estimate of drug-likeness (QED) is 0.941. The van der Waals surface area contributed by atoms with Crippen LogP contribution in [0.4, 0.5) is 8.78 Å². The Labute approximate surface area is 120 Å². The van der Waals surface area contributed by atoms with Gasteiger partial charge in [0, 0.05) is 5.56 Å². The van der Waals surface area contributed by atoms with E-state index in [1.807, 2.05) is 6.07 Å². The molecule has 0 radical (unpaired) electrons. The number of nitriles is 1. The van der Waals surface area contributed by atoms with Crippen molar-refractivity contribution in [2.24, 2.45) is 0 Å². The summed E-state index contributed by atoms with van der Waals surface area (Å²) in [5.74, 6) is -2.55. The van der Waals surface area contributed by atoms with E-state index >= 15 is 0 Å². The molecule has 0 aromatic heterocycles. The maximum atomic E-state index is 13.1. The minimum absolute atomic E-state index is 0.0504. The molecule has 0 aliphatic rings. The second kappa shape index (κ2) is 6.14. The fourth-order valence-corrected chi connectivity index (χ4v) is 1.85. The molecule has 0 saturated heterocycles. The van der Waals surface area contributed by atoms with Crippen LogP contribution in [0, 0.1) is 23.0 Å². The number of carbonyl (C=O) groups excluding carboxylic acids is 1. The second-order valence-corrected chi connectivity index (χ2v) is 4.56. The molecule has 1 N–H and O–H groups in total. The summed E-state index contributed by atoms with van der Waals surface area (Å²) in [7, 11) is 0. The highest BCUT2D eigenvalue weighted by atomic mass is 19.2. The van der Waals surface area contributed by atoms with Gasteiger partial charge in [-0.25, -0.2) is 8.78 Å². The van der Waals surface area contributed by atoms with E-state index in [2.05, 4.69) is 5.32 Å². The van der Waals surface area contributed by atoms with Gasteiger partial charge in [-0.1, -0.05) is 12.1 Å². The Morgan fingerprint density at radius 3 is 2.38 bits per heavy atom. The van der Waals surface area contributed by atoms with Crippen LogP contribution < -0.4 is 5.32 Å². The Bertz CT molecular complexity index is 705. The Kier molecular flexibility index (Phi) is 4.29. The van der Waals surface area contributed by atoms with E-state index in [1.165, 1.54) is 6.07 Å². The van der Waals surface area contributed by atoms with Gasteiger partial charge in [0.15, 0.2) is 11.6 Å². The molecule has 0 spiro atoms. The summed E-state index contributed by atoms with van der Waals surface area (Å²) in [4.78, 5) is 12.0. The van der Waals surface area contributed by atoms with Crippen molar-refractivity contribution in [3.63, 3.8) is 0 Å². The molecule has 0 fully saturated rings. The van der Waals surface area contributed by atoms with E-state index < -0.39 is 17.5 Å². The van der Waals surface area contributed by atoms with Crippen molar-refractivity contribution in [1.82, 2.24) is 5.32 Å². The molecule has 21 heavy (non-hydrogen) atoms. The molecule has 2 aromatic carbocycles. The van der Waals surface area contributed by atoms with Gasteiger partial charge >= 0.3 is 0 Å². The van der Waals surface area contributed by atoms with Crippen LogP contribution in [0.15, 0.2) is 42.5 Å². The zero-order valence-corrected chi connectivity index (χ0v) is 11.2. The van der Waals surface area contributed by atoms with Gasteiger partial charge in [-0.15, -0.1) is 0 Å². The molecule has 1 amide bonds. The first kappa shape index (κ1) is 14.7. The van der Waals surface area contributed by atoms with Crippen molar-refractivity contribution in [2.45, 2.75) is 13.0 Å². The number of amides is 1. The first-order valence-electron chi connectivity index (χ1n) is 6.27. The van der Waals surface area contributed by atoms with E-state index in [9.17, 15) is 13.6 Å². The summed E-state index contributed by atoms with van der Waals surface area (Å²) in [6.45, 7) is 1.76. The van der Waals surface area contributed by atoms with Crippen LogP contribution in [0.3, 0.4) is 0 Å². The molecule has 2 aromatic rings. The number of nitrogens with zero attached hydrogens (tertiary/aromatic N) is 1. The molecular formula is C16H12F2N2O. The van der Waals surface area contributed by atoms with Crippen LogP contribution in [0.25, 0.3) is 0 Å². The van der Waals surface area contributed by atoms with Crippen molar-refractivity contribution >= 4 is 5.91 Å². The van der Waals surface area contributed by atoms with E-state index in [0.29, 0.717) is 5.56 Å². The first-order valence-corrected chi connectivity index (χ1v) is 6.27. The topological polar surface area (TPSA) is 52.9 Å². The molecule has 1 atom stereocenters. The number of hydrogen-bond donors (Lipinski definition) is 1. The number of hydrogen-bond acceptors (Lipinski definition) is 2. The maximum absolute atomic E-state index is 13.1. The fourth-order valence-electron chi connectivity index (χ4n) is 1.85. The lowest BCUT2D eigenvalue weighted by atomic mass is 10.1. The molecule has 0 aliphatic heterocycles. The third kappa shape index (κ3) is 3.42. The molecule has 0 heterocycles. The average molecular weight is 286 g/mol. The summed E-state index contributed by atoms with van der Waals surface area (Å²) >= 11 is 0. The summed E-state index contributed by atoms with van der Waals surface area (Å²) in [5, 5.41) is 11.4. The van der Waals surface area contributed by atoms with E-state index in [1.54, 1.807) is 31.2 Å². The van der Waals surface area contributed by atoms with Crippen LogP contribution in [-0.2, 0) is 0 Å². The molecule has 0 aliphatic carbocycles. The molecule has 5 heteroatoms.